The van der Waals surface area contributed by atoms with E-state index in [-0.39, 0.29) is 5.91 Å². The first-order chi connectivity index (χ1) is 11.9. The van der Waals surface area contributed by atoms with Crippen molar-refractivity contribution in [2.24, 2.45) is 0 Å². The van der Waals surface area contributed by atoms with E-state index in [1.54, 1.807) is 6.92 Å². The zero-order valence-electron chi connectivity index (χ0n) is 15.8. The topological polar surface area (TPSA) is 41.6 Å². The van der Waals surface area contributed by atoms with Crippen molar-refractivity contribution < 1.29 is 9.53 Å². The second-order valence-corrected chi connectivity index (χ2v) is 6.29. The lowest BCUT2D eigenvalue weighted by Gasteiger charge is -2.21. The molecule has 0 saturated heterocycles. The van der Waals surface area contributed by atoms with Crippen LogP contribution < -0.4 is 15.0 Å². The predicted octanol–water partition coefficient (Wildman–Crippen LogP) is 4.56. The SMILES string of the molecule is CCN(CC)c1ccc(NC(=O)C(C)Oc2cc(C)cc(C)c2)cc1. The van der Waals surface area contributed by atoms with E-state index in [9.17, 15) is 4.79 Å². The Bertz CT molecular complexity index is 686. The van der Waals surface area contributed by atoms with Crippen molar-refractivity contribution in [1.29, 1.82) is 0 Å². The van der Waals surface area contributed by atoms with E-state index in [0.29, 0.717) is 0 Å². The summed E-state index contributed by atoms with van der Waals surface area (Å²) in [5, 5.41) is 2.91. The molecule has 2 aromatic carbocycles. The second-order valence-electron chi connectivity index (χ2n) is 6.29. The maximum Gasteiger partial charge on any atom is 0.265 e. The van der Waals surface area contributed by atoms with Gasteiger partial charge in [-0.3, -0.25) is 4.79 Å². The number of hydrogen-bond donors (Lipinski definition) is 1. The lowest BCUT2D eigenvalue weighted by atomic mass is 10.1. The van der Waals surface area contributed by atoms with Gasteiger partial charge in [-0.15, -0.1) is 0 Å². The number of carbonyl (C=O) groups is 1. The highest BCUT2D eigenvalue weighted by atomic mass is 16.5. The fraction of sp³-hybridized carbons (Fsp3) is 0.381. The summed E-state index contributed by atoms with van der Waals surface area (Å²) in [4.78, 5) is 14.6. The number of ether oxygens (including phenoxy) is 1. The van der Waals surface area contributed by atoms with Crippen LogP contribution in [-0.4, -0.2) is 25.1 Å². The average molecular weight is 340 g/mol. The number of aryl methyl sites for hydroxylation is 2. The highest BCUT2D eigenvalue weighted by Crippen LogP contribution is 2.20. The van der Waals surface area contributed by atoms with Crippen LogP contribution in [0.15, 0.2) is 42.5 Å². The number of amides is 1. The molecular weight excluding hydrogens is 312 g/mol. The fourth-order valence-corrected chi connectivity index (χ4v) is 2.85. The van der Waals surface area contributed by atoms with Crippen molar-refractivity contribution in [2.75, 3.05) is 23.3 Å². The molecule has 0 aliphatic rings. The molecule has 0 saturated carbocycles. The van der Waals surface area contributed by atoms with Gasteiger partial charge in [-0.2, -0.15) is 0 Å². The molecule has 0 aliphatic heterocycles. The summed E-state index contributed by atoms with van der Waals surface area (Å²) in [5.41, 5.74) is 4.17. The predicted molar refractivity (Wildman–Crippen MR) is 105 cm³/mol. The molecule has 0 bridgehead atoms. The first-order valence-corrected chi connectivity index (χ1v) is 8.83. The van der Waals surface area contributed by atoms with Crippen LogP contribution in [0.3, 0.4) is 0 Å². The Morgan fingerprint density at radius 2 is 1.60 bits per heavy atom. The van der Waals surface area contributed by atoms with E-state index in [2.05, 4.69) is 30.1 Å². The van der Waals surface area contributed by atoms with Gasteiger partial charge in [-0.25, -0.2) is 0 Å². The molecule has 1 amide bonds. The van der Waals surface area contributed by atoms with Crippen LogP contribution in [0.2, 0.25) is 0 Å². The molecule has 0 aliphatic carbocycles. The molecular formula is C21H28N2O2. The van der Waals surface area contributed by atoms with Crippen LogP contribution >= 0.6 is 0 Å². The normalized spacial score (nSPS) is 11.7. The molecule has 1 unspecified atom stereocenters. The Labute approximate surface area is 150 Å². The summed E-state index contributed by atoms with van der Waals surface area (Å²) in [6.07, 6.45) is -0.566. The first kappa shape index (κ1) is 18.8. The molecule has 0 radical (unpaired) electrons. The third-order valence-electron chi connectivity index (χ3n) is 4.14. The zero-order valence-corrected chi connectivity index (χ0v) is 15.8. The highest BCUT2D eigenvalue weighted by molar-refractivity contribution is 5.94. The van der Waals surface area contributed by atoms with Crippen molar-refractivity contribution >= 4 is 17.3 Å². The van der Waals surface area contributed by atoms with E-state index in [4.69, 9.17) is 4.74 Å². The molecule has 1 N–H and O–H groups in total. The van der Waals surface area contributed by atoms with Gasteiger partial charge in [0.05, 0.1) is 0 Å². The van der Waals surface area contributed by atoms with E-state index < -0.39 is 6.10 Å². The molecule has 2 rings (SSSR count). The van der Waals surface area contributed by atoms with Gasteiger partial charge in [0.25, 0.3) is 5.91 Å². The van der Waals surface area contributed by atoms with Gasteiger partial charge < -0.3 is 15.0 Å². The van der Waals surface area contributed by atoms with Crippen LogP contribution in [0, 0.1) is 13.8 Å². The van der Waals surface area contributed by atoms with Gasteiger partial charge in [0.2, 0.25) is 0 Å². The van der Waals surface area contributed by atoms with E-state index in [1.807, 2.05) is 50.2 Å². The number of hydrogen-bond acceptors (Lipinski definition) is 3. The Balaban J connectivity index is 1.98. The molecule has 1 atom stereocenters. The molecule has 4 nitrogen and oxygen atoms in total. The lowest BCUT2D eigenvalue weighted by Crippen LogP contribution is -2.30. The van der Waals surface area contributed by atoms with Gasteiger partial charge >= 0.3 is 0 Å². The molecule has 0 spiro atoms. The number of carbonyl (C=O) groups excluding carboxylic acids is 1. The van der Waals surface area contributed by atoms with E-state index in [1.165, 1.54) is 0 Å². The van der Waals surface area contributed by atoms with Crippen molar-refractivity contribution in [3.8, 4) is 5.75 Å². The number of nitrogens with one attached hydrogen (secondary N) is 1. The van der Waals surface area contributed by atoms with Crippen LogP contribution in [0.5, 0.6) is 5.75 Å². The van der Waals surface area contributed by atoms with E-state index in [0.717, 1.165) is 41.3 Å². The van der Waals surface area contributed by atoms with Crippen LogP contribution in [0.25, 0.3) is 0 Å². The Morgan fingerprint density at radius 1 is 1.04 bits per heavy atom. The van der Waals surface area contributed by atoms with Gasteiger partial charge in [0.15, 0.2) is 6.10 Å². The largest absolute Gasteiger partial charge is 0.481 e. The number of anilines is 2. The minimum absolute atomic E-state index is 0.158. The Morgan fingerprint density at radius 3 is 2.12 bits per heavy atom. The first-order valence-electron chi connectivity index (χ1n) is 8.83. The fourth-order valence-electron chi connectivity index (χ4n) is 2.85. The molecule has 134 valence electrons. The molecule has 4 heteroatoms. The van der Waals surface area contributed by atoms with Gasteiger partial charge in [-0.1, -0.05) is 6.07 Å². The summed E-state index contributed by atoms with van der Waals surface area (Å²) >= 11 is 0. The maximum atomic E-state index is 12.4. The third kappa shape index (κ3) is 5.24. The second kappa shape index (κ2) is 8.56. The summed E-state index contributed by atoms with van der Waals surface area (Å²) in [5.74, 6) is 0.562. The summed E-state index contributed by atoms with van der Waals surface area (Å²) in [6.45, 7) is 12.0. The quantitative estimate of drug-likeness (QED) is 0.803. The minimum Gasteiger partial charge on any atom is -0.481 e. The van der Waals surface area contributed by atoms with Crippen LogP contribution in [0.4, 0.5) is 11.4 Å². The summed E-state index contributed by atoms with van der Waals surface area (Å²) < 4.78 is 5.79. The molecule has 25 heavy (non-hydrogen) atoms. The van der Waals surface area contributed by atoms with Gasteiger partial charge in [-0.05, 0) is 82.1 Å². The molecule has 0 aromatic heterocycles. The van der Waals surface area contributed by atoms with Crippen molar-refractivity contribution in [3.63, 3.8) is 0 Å². The monoisotopic (exact) mass is 340 g/mol. The van der Waals surface area contributed by atoms with Gasteiger partial charge in [0.1, 0.15) is 5.75 Å². The standard InChI is InChI=1S/C21H28N2O2/c1-6-23(7-2)19-10-8-18(9-11-19)22-21(24)17(5)25-20-13-15(3)12-16(4)14-20/h8-14,17H,6-7H2,1-5H3,(H,22,24). The average Bonchev–Trinajstić information content (AvgIpc) is 2.56. The molecule has 2 aromatic rings. The van der Waals surface area contributed by atoms with Crippen LogP contribution in [-0.2, 0) is 4.79 Å². The highest BCUT2D eigenvalue weighted by Gasteiger charge is 2.15. The van der Waals surface area contributed by atoms with Gasteiger partial charge in [0, 0.05) is 24.5 Å². The lowest BCUT2D eigenvalue weighted by molar-refractivity contribution is -0.122. The maximum absolute atomic E-state index is 12.4. The zero-order chi connectivity index (χ0) is 18.4. The molecule has 0 heterocycles. The third-order valence-corrected chi connectivity index (χ3v) is 4.14. The molecule has 0 fully saturated rings. The Hall–Kier alpha value is -2.49. The minimum atomic E-state index is -0.566. The Kier molecular flexibility index (Phi) is 6.45. The summed E-state index contributed by atoms with van der Waals surface area (Å²) in [6, 6.07) is 13.9. The van der Waals surface area contributed by atoms with Crippen molar-refractivity contribution in [1.82, 2.24) is 0 Å². The number of rotatable bonds is 7. The number of benzene rings is 2. The van der Waals surface area contributed by atoms with Crippen molar-refractivity contribution in [2.45, 2.75) is 40.7 Å². The summed E-state index contributed by atoms with van der Waals surface area (Å²) in [7, 11) is 0. The smallest absolute Gasteiger partial charge is 0.265 e. The number of nitrogens with zero attached hydrogens (tertiary/aromatic N) is 1. The van der Waals surface area contributed by atoms with Crippen molar-refractivity contribution in [3.05, 3.63) is 53.6 Å². The van der Waals surface area contributed by atoms with E-state index >= 15 is 0 Å². The van der Waals surface area contributed by atoms with Crippen LogP contribution in [0.1, 0.15) is 31.9 Å².